The third-order valence-electron chi connectivity index (χ3n) is 7.60. The number of aliphatic hydroxyl groups excluding tert-OH is 1. The van der Waals surface area contributed by atoms with Gasteiger partial charge >= 0.3 is 6.18 Å². The van der Waals surface area contributed by atoms with Crippen LogP contribution in [-0.4, -0.2) is 79.2 Å². The zero-order chi connectivity index (χ0) is 30.9. The van der Waals surface area contributed by atoms with Gasteiger partial charge in [0, 0.05) is 49.8 Å². The molecule has 226 valence electrons. The molecule has 2 N–H and O–H groups in total. The van der Waals surface area contributed by atoms with Gasteiger partial charge in [-0.05, 0) is 80.1 Å². The average Bonchev–Trinajstić information content (AvgIpc) is 3.25. The van der Waals surface area contributed by atoms with Crippen LogP contribution in [0.25, 0.3) is 6.08 Å². The Morgan fingerprint density at radius 1 is 1.17 bits per heavy atom. The second-order valence-corrected chi connectivity index (χ2v) is 12.4. The Bertz CT molecular complexity index is 1520. The molecule has 4 rings (SSSR count). The van der Waals surface area contributed by atoms with Crippen molar-refractivity contribution < 1.29 is 36.3 Å². The van der Waals surface area contributed by atoms with Gasteiger partial charge in [0.2, 0.25) is 10.0 Å². The molecule has 42 heavy (non-hydrogen) atoms. The van der Waals surface area contributed by atoms with Crippen molar-refractivity contribution in [2.75, 3.05) is 33.3 Å². The third-order valence-corrected chi connectivity index (χ3v) is 9.16. The molecule has 2 heterocycles. The van der Waals surface area contributed by atoms with Crippen molar-refractivity contribution in [2.24, 2.45) is 4.99 Å². The number of benzene rings is 2. The summed E-state index contributed by atoms with van der Waals surface area (Å²) >= 11 is 0. The summed E-state index contributed by atoms with van der Waals surface area (Å²) in [7, 11) is -2.22. The van der Waals surface area contributed by atoms with E-state index in [1.54, 1.807) is 33.0 Å². The highest BCUT2D eigenvalue weighted by molar-refractivity contribution is 7.92. The number of nitrogens with one attached hydrogen (secondary N) is 1. The van der Waals surface area contributed by atoms with Crippen molar-refractivity contribution in [1.82, 2.24) is 14.5 Å². The zero-order valence-corrected chi connectivity index (χ0v) is 24.3. The Morgan fingerprint density at radius 2 is 1.81 bits per heavy atom. The zero-order valence-electron chi connectivity index (χ0n) is 23.5. The highest BCUT2D eigenvalue weighted by atomic mass is 32.2. The number of amidine groups is 1. The molecule has 0 bridgehead atoms. The van der Waals surface area contributed by atoms with Crippen molar-refractivity contribution in [2.45, 2.75) is 44.8 Å². The molecule has 1 saturated heterocycles. The number of nitrogens with zero attached hydrogens (tertiary/aromatic N) is 3. The van der Waals surface area contributed by atoms with Crippen LogP contribution in [0.2, 0.25) is 0 Å². The fourth-order valence-electron chi connectivity index (χ4n) is 5.18. The van der Waals surface area contributed by atoms with Gasteiger partial charge in [0.15, 0.2) is 0 Å². The van der Waals surface area contributed by atoms with Gasteiger partial charge in [-0.1, -0.05) is 12.1 Å². The van der Waals surface area contributed by atoms with E-state index in [1.165, 1.54) is 27.4 Å². The third kappa shape index (κ3) is 6.58. The lowest BCUT2D eigenvalue weighted by Gasteiger charge is -2.34. The Balaban J connectivity index is 1.46. The van der Waals surface area contributed by atoms with E-state index in [1.807, 2.05) is 0 Å². The second kappa shape index (κ2) is 12.0. The Kier molecular flexibility index (Phi) is 8.95. The Labute approximate surface area is 242 Å². The number of aliphatic hydroxyl groups is 1. The molecule has 0 aliphatic carbocycles. The number of hydrogen-bond donors (Lipinski definition) is 2. The molecular weight excluding hydrogens is 573 g/mol. The van der Waals surface area contributed by atoms with Crippen LogP contribution in [0.1, 0.15) is 57.4 Å². The van der Waals surface area contributed by atoms with Crippen molar-refractivity contribution >= 4 is 33.7 Å². The highest BCUT2D eigenvalue weighted by Gasteiger charge is 2.47. The van der Waals surface area contributed by atoms with E-state index < -0.39 is 33.2 Å². The minimum Gasteiger partial charge on any atom is -0.396 e. The van der Waals surface area contributed by atoms with E-state index in [0.29, 0.717) is 24.1 Å². The summed E-state index contributed by atoms with van der Waals surface area (Å²) in [5.74, 6) is -0.630. The topological polar surface area (TPSA) is 119 Å². The molecule has 13 heteroatoms. The predicted octanol–water partition coefficient (Wildman–Crippen LogP) is 3.49. The number of carbonyl (C=O) groups is 2. The minimum absolute atomic E-state index is 0.00500. The van der Waals surface area contributed by atoms with Gasteiger partial charge < -0.3 is 15.3 Å². The molecule has 2 amide bonds. The van der Waals surface area contributed by atoms with Gasteiger partial charge in [0.1, 0.15) is 11.4 Å². The molecule has 0 radical (unpaired) electrons. The van der Waals surface area contributed by atoms with Crippen molar-refractivity contribution in [3.8, 4) is 0 Å². The van der Waals surface area contributed by atoms with E-state index >= 15 is 0 Å². The second-order valence-electron chi connectivity index (χ2n) is 10.6. The quantitative estimate of drug-likeness (QED) is 0.477. The summed E-state index contributed by atoms with van der Waals surface area (Å²) in [6.45, 7) is 3.97. The van der Waals surface area contributed by atoms with Crippen molar-refractivity contribution in [1.29, 1.82) is 0 Å². The van der Waals surface area contributed by atoms with Crippen molar-refractivity contribution in [3.63, 3.8) is 0 Å². The lowest BCUT2D eigenvalue weighted by atomic mass is 9.89. The first-order chi connectivity index (χ1) is 19.7. The maximum Gasteiger partial charge on any atom is 0.416 e. The molecular formula is C29H33F3N4O5S. The van der Waals surface area contributed by atoms with Gasteiger partial charge in [-0.25, -0.2) is 8.42 Å². The maximum atomic E-state index is 13.2. The Hall–Kier alpha value is -3.55. The van der Waals surface area contributed by atoms with Gasteiger partial charge in [-0.3, -0.25) is 14.6 Å². The van der Waals surface area contributed by atoms with Crippen LogP contribution in [0.3, 0.4) is 0 Å². The number of hydrogen-bond acceptors (Lipinski definition) is 6. The average molecular weight is 607 g/mol. The molecule has 2 aliphatic rings. The number of carbonyl (C=O) groups excluding carboxylic acids is 2. The standard InChI is InChI=1S/C29H33F3N4O5S/c1-19-16-22(26(38)35(3)11-5-14-37)17-20(2)24(19)8-15-42(40,41)36-12-9-28(10-13-36)27(39)33-25(34-28)21-6-4-7-23(18-21)29(30,31)32/h4,6-8,15-18,37H,5,9-14H2,1-3H3,(H,33,34,39)/b15-8+. The molecule has 2 aromatic carbocycles. The highest BCUT2D eigenvalue weighted by Crippen LogP contribution is 2.34. The molecule has 1 fully saturated rings. The number of amides is 2. The number of alkyl halides is 3. The van der Waals surface area contributed by atoms with E-state index in [2.05, 4.69) is 10.3 Å². The van der Waals surface area contributed by atoms with Crippen LogP contribution < -0.4 is 5.32 Å². The van der Waals surface area contributed by atoms with Gasteiger partial charge in [-0.2, -0.15) is 17.5 Å². The van der Waals surface area contributed by atoms with Crippen LogP contribution in [-0.2, 0) is 21.0 Å². The summed E-state index contributed by atoms with van der Waals surface area (Å²) < 4.78 is 67.0. The number of rotatable bonds is 8. The number of piperidine rings is 1. The molecule has 9 nitrogen and oxygen atoms in total. The largest absolute Gasteiger partial charge is 0.416 e. The minimum atomic E-state index is -4.54. The molecule has 2 aromatic rings. The monoisotopic (exact) mass is 606 g/mol. The van der Waals surface area contributed by atoms with E-state index in [0.717, 1.165) is 28.7 Å². The summed E-state index contributed by atoms with van der Waals surface area (Å²) in [6, 6.07) is 7.92. The molecule has 0 atom stereocenters. The van der Waals surface area contributed by atoms with Crippen LogP contribution in [0.15, 0.2) is 46.8 Å². The first-order valence-corrected chi connectivity index (χ1v) is 14.9. The Morgan fingerprint density at radius 3 is 2.40 bits per heavy atom. The molecule has 1 spiro atoms. The fraction of sp³-hybridized carbons (Fsp3) is 0.414. The SMILES string of the molecule is Cc1cc(C(=O)N(C)CCCO)cc(C)c1/C=C/S(=O)(=O)N1CCC2(CC1)N=C(c1cccc(C(F)(F)F)c1)NC2=O. The number of halogens is 3. The van der Waals surface area contributed by atoms with Gasteiger partial charge in [0.25, 0.3) is 11.8 Å². The van der Waals surface area contributed by atoms with E-state index in [9.17, 15) is 31.2 Å². The summed E-state index contributed by atoms with van der Waals surface area (Å²) in [6.07, 6.45) is -2.44. The van der Waals surface area contributed by atoms with E-state index in [4.69, 9.17) is 5.11 Å². The van der Waals surface area contributed by atoms with Gasteiger partial charge in [0.05, 0.1) is 5.56 Å². The lowest BCUT2D eigenvalue weighted by Crippen LogP contribution is -2.50. The molecule has 0 unspecified atom stereocenters. The predicted molar refractivity (Wildman–Crippen MR) is 152 cm³/mol. The van der Waals surface area contributed by atoms with Crippen LogP contribution in [0, 0.1) is 13.8 Å². The van der Waals surface area contributed by atoms with E-state index in [-0.39, 0.29) is 49.8 Å². The van der Waals surface area contributed by atoms with Crippen LogP contribution in [0.5, 0.6) is 0 Å². The van der Waals surface area contributed by atoms with Crippen LogP contribution >= 0.6 is 0 Å². The fourth-order valence-corrected chi connectivity index (χ4v) is 6.35. The lowest BCUT2D eigenvalue weighted by molar-refractivity contribution is -0.137. The normalized spacial score (nSPS) is 17.5. The summed E-state index contributed by atoms with van der Waals surface area (Å²) in [4.78, 5) is 31.5. The first kappa shape index (κ1) is 31.4. The number of aryl methyl sites for hydroxylation is 2. The van der Waals surface area contributed by atoms with Gasteiger partial charge in [-0.15, -0.1) is 0 Å². The molecule has 2 aliphatic heterocycles. The first-order valence-electron chi connectivity index (χ1n) is 13.4. The molecule has 0 saturated carbocycles. The van der Waals surface area contributed by atoms with Crippen LogP contribution in [0.4, 0.5) is 13.2 Å². The smallest absolute Gasteiger partial charge is 0.396 e. The summed E-state index contributed by atoms with van der Waals surface area (Å²) in [5, 5.41) is 12.7. The maximum absolute atomic E-state index is 13.2. The number of aliphatic imine (C=N–C) groups is 1. The number of sulfonamides is 1. The summed E-state index contributed by atoms with van der Waals surface area (Å²) in [5.41, 5.74) is 0.581. The molecule has 0 aromatic heterocycles. The van der Waals surface area contributed by atoms with Crippen molar-refractivity contribution in [3.05, 3.63) is 75.2 Å².